The number of carbonyl (C=O) groups excluding carboxylic acids is 1. The Hall–Kier alpha value is -0.570. The Bertz CT molecular complexity index is 310. The van der Waals surface area contributed by atoms with Crippen molar-refractivity contribution in [2.45, 2.75) is 83.6 Å². The molecule has 0 aromatic heterocycles. The van der Waals surface area contributed by atoms with E-state index in [1.54, 1.807) is 0 Å². The van der Waals surface area contributed by atoms with Crippen molar-refractivity contribution in [2.24, 2.45) is 23.5 Å². The predicted octanol–water partition coefficient (Wildman–Crippen LogP) is 3.62. The average Bonchev–Trinajstić information content (AvgIpc) is 2.54. The Morgan fingerprint density at radius 2 is 1.81 bits per heavy atom. The first-order valence-corrected chi connectivity index (χ1v) is 9.25. The van der Waals surface area contributed by atoms with Gasteiger partial charge in [-0.25, -0.2) is 0 Å². The fraction of sp³-hybridized carbons (Fsp3) is 0.944. The smallest absolute Gasteiger partial charge is 0.223 e. The largest absolute Gasteiger partial charge is 0.353 e. The van der Waals surface area contributed by atoms with Crippen molar-refractivity contribution < 1.29 is 4.79 Å². The molecule has 0 spiro atoms. The zero-order valence-electron chi connectivity index (χ0n) is 13.8. The van der Waals surface area contributed by atoms with Crippen LogP contribution in [0, 0.1) is 17.8 Å². The Labute approximate surface area is 130 Å². The van der Waals surface area contributed by atoms with Gasteiger partial charge in [0.05, 0.1) is 0 Å². The monoisotopic (exact) mass is 294 g/mol. The van der Waals surface area contributed by atoms with Gasteiger partial charge in [0.25, 0.3) is 0 Å². The summed E-state index contributed by atoms with van der Waals surface area (Å²) >= 11 is 0. The normalized spacial score (nSPS) is 33.6. The molecule has 0 aromatic carbocycles. The topological polar surface area (TPSA) is 55.1 Å². The Morgan fingerprint density at radius 1 is 1.10 bits per heavy atom. The van der Waals surface area contributed by atoms with Crippen LogP contribution in [0.2, 0.25) is 0 Å². The summed E-state index contributed by atoms with van der Waals surface area (Å²) in [6, 6.07) is 0.342. The van der Waals surface area contributed by atoms with Gasteiger partial charge in [-0.2, -0.15) is 0 Å². The van der Waals surface area contributed by atoms with Crippen LogP contribution in [0.1, 0.15) is 77.6 Å². The van der Waals surface area contributed by atoms with Crippen molar-refractivity contribution in [2.75, 3.05) is 6.54 Å². The lowest BCUT2D eigenvalue weighted by Gasteiger charge is -2.34. The molecule has 0 aliphatic heterocycles. The van der Waals surface area contributed by atoms with E-state index in [1.807, 2.05) is 0 Å². The highest BCUT2D eigenvalue weighted by molar-refractivity contribution is 5.79. The van der Waals surface area contributed by atoms with Crippen LogP contribution in [-0.2, 0) is 4.79 Å². The van der Waals surface area contributed by atoms with Crippen LogP contribution < -0.4 is 11.1 Å². The number of unbranched alkanes of at least 4 members (excludes halogenated alkanes) is 1. The van der Waals surface area contributed by atoms with Crippen LogP contribution in [-0.4, -0.2) is 18.5 Å². The summed E-state index contributed by atoms with van der Waals surface area (Å²) in [6.45, 7) is 2.98. The van der Waals surface area contributed by atoms with Crippen LogP contribution >= 0.6 is 0 Å². The summed E-state index contributed by atoms with van der Waals surface area (Å²) in [4.78, 5) is 12.5. The fourth-order valence-electron chi connectivity index (χ4n) is 4.19. The van der Waals surface area contributed by atoms with E-state index in [2.05, 4.69) is 12.2 Å². The summed E-state index contributed by atoms with van der Waals surface area (Å²) in [5, 5.41) is 3.33. The maximum absolute atomic E-state index is 12.5. The standard InChI is InChI=1S/C18H34N2O/c1-2-3-6-14-9-11-15(12-10-14)18(21)20-17-8-5-4-7-16(17)13-19/h14-17H,2-13,19H2,1H3,(H,20,21). The van der Waals surface area contributed by atoms with Gasteiger partial charge in [0.2, 0.25) is 5.91 Å². The SMILES string of the molecule is CCCCC1CCC(C(=O)NC2CCCCC2CN)CC1. The molecular formula is C18H34N2O. The molecule has 122 valence electrons. The summed E-state index contributed by atoms with van der Waals surface area (Å²) < 4.78 is 0. The number of hydrogen-bond acceptors (Lipinski definition) is 2. The third-order valence-corrected chi connectivity index (χ3v) is 5.72. The van der Waals surface area contributed by atoms with E-state index in [4.69, 9.17) is 5.73 Å². The minimum Gasteiger partial charge on any atom is -0.353 e. The molecule has 3 heteroatoms. The molecule has 2 saturated carbocycles. The molecule has 2 atom stereocenters. The van der Waals surface area contributed by atoms with Gasteiger partial charge in [-0.05, 0) is 56.9 Å². The van der Waals surface area contributed by atoms with Crippen molar-refractivity contribution in [3.63, 3.8) is 0 Å². The van der Waals surface area contributed by atoms with Gasteiger partial charge < -0.3 is 11.1 Å². The van der Waals surface area contributed by atoms with E-state index < -0.39 is 0 Å². The van der Waals surface area contributed by atoms with Crippen molar-refractivity contribution in [3.8, 4) is 0 Å². The number of amides is 1. The molecular weight excluding hydrogens is 260 g/mol. The van der Waals surface area contributed by atoms with E-state index in [-0.39, 0.29) is 5.92 Å². The van der Waals surface area contributed by atoms with E-state index in [9.17, 15) is 4.79 Å². The maximum Gasteiger partial charge on any atom is 0.223 e. The van der Waals surface area contributed by atoms with Crippen LogP contribution in [0.4, 0.5) is 0 Å². The Morgan fingerprint density at radius 3 is 2.48 bits per heavy atom. The third-order valence-electron chi connectivity index (χ3n) is 5.72. The van der Waals surface area contributed by atoms with Gasteiger partial charge in [0, 0.05) is 12.0 Å². The number of hydrogen-bond donors (Lipinski definition) is 2. The molecule has 2 unspecified atom stereocenters. The Balaban J connectivity index is 1.74. The van der Waals surface area contributed by atoms with Gasteiger partial charge in [0.1, 0.15) is 0 Å². The van der Waals surface area contributed by atoms with Crippen molar-refractivity contribution >= 4 is 5.91 Å². The van der Waals surface area contributed by atoms with Crippen molar-refractivity contribution in [1.29, 1.82) is 0 Å². The van der Waals surface area contributed by atoms with Gasteiger partial charge >= 0.3 is 0 Å². The lowest BCUT2D eigenvalue weighted by Crippen LogP contribution is -2.47. The highest BCUT2D eigenvalue weighted by Crippen LogP contribution is 2.32. The van der Waals surface area contributed by atoms with E-state index in [1.165, 1.54) is 51.4 Å². The molecule has 3 N–H and O–H groups in total. The molecule has 3 nitrogen and oxygen atoms in total. The third kappa shape index (κ3) is 4.98. The van der Waals surface area contributed by atoms with Crippen LogP contribution in [0.15, 0.2) is 0 Å². The molecule has 0 aromatic rings. The second kappa shape index (κ2) is 8.77. The van der Waals surface area contributed by atoms with E-state index in [0.717, 1.165) is 25.2 Å². The highest BCUT2D eigenvalue weighted by atomic mass is 16.1. The van der Waals surface area contributed by atoms with Crippen LogP contribution in [0.25, 0.3) is 0 Å². The minimum atomic E-state index is 0.267. The summed E-state index contributed by atoms with van der Waals surface area (Å²) in [5.41, 5.74) is 5.86. The molecule has 2 aliphatic carbocycles. The van der Waals surface area contributed by atoms with E-state index in [0.29, 0.717) is 24.4 Å². The van der Waals surface area contributed by atoms with Gasteiger partial charge in [-0.1, -0.05) is 39.0 Å². The molecule has 2 aliphatic rings. The molecule has 0 saturated heterocycles. The zero-order chi connectivity index (χ0) is 15.1. The zero-order valence-corrected chi connectivity index (χ0v) is 13.8. The Kier molecular flexibility index (Phi) is 7.01. The first-order chi connectivity index (χ1) is 10.2. The minimum absolute atomic E-state index is 0.267. The summed E-state index contributed by atoms with van der Waals surface area (Å²) in [7, 11) is 0. The van der Waals surface area contributed by atoms with Gasteiger partial charge in [-0.15, -0.1) is 0 Å². The predicted molar refractivity (Wildman–Crippen MR) is 87.9 cm³/mol. The summed E-state index contributed by atoms with van der Waals surface area (Å²) in [5.74, 6) is 1.96. The molecule has 21 heavy (non-hydrogen) atoms. The van der Waals surface area contributed by atoms with Crippen molar-refractivity contribution in [1.82, 2.24) is 5.32 Å². The van der Waals surface area contributed by atoms with Crippen LogP contribution in [0.3, 0.4) is 0 Å². The van der Waals surface area contributed by atoms with Gasteiger partial charge in [-0.3, -0.25) is 4.79 Å². The first-order valence-electron chi connectivity index (χ1n) is 9.25. The lowest BCUT2D eigenvalue weighted by atomic mass is 9.78. The number of carbonyl (C=O) groups is 1. The molecule has 0 radical (unpaired) electrons. The second-order valence-electron chi connectivity index (χ2n) is 7.26. The van der Waals surface area contributed by atoms with Crippen LogP contribution in [0.5, 0.6) is 0 Å². The lowest BCUT2D eigenvalue weighted by molar-refractivity contribution is -0.127. The quantitative estimate of drug-likeness (QED) is 0.786. The summed E-state index contributed by atoms with van der Waals surface area (Å²) in [6.07, 6.45) is 13.5. The first kappa shape index (κ1) is 16.8. The molecule has 0 heterocycles. The number of rotatable bonds is 6. The second-order valence-corrected chi connectivity index (χ2v) is 7.26. The molecule has 1 amide bonds. The molecule has 2 fully saturated rings. The number of nitrogens with one attached hydrogen (secondary N) is 1. The fourth-order valence-corrected chi connectivity index (χ4v) is 4.19. The maximum atomic E-state index is 12.5. The highest BCUT2D eigenvalue weighted by Gasteiger charge is 2.30. The molecule has 0 bridgehead atoms. The number of nitrogens with two attached hydrogens (primary N) is 1. The van der Waals surface area contributed by atoms with E-state index >= 15 is 0 Å². The van der Waals surface area contributed by atoms with Crippen molar-refractivity contribution in [3.05, 3.63) is 0 Å². The average molecular weight is 294 g/mol. The molecule has 2 rings (SSSR count). The van der Waals surface area contributed by atoms with Gasteiger partial charge in [0.15, 0.2) is 0 Å².